The monoisotopic (exact) mass is 473 g/mol. The lowest BCUT2D eigenvalue weighted by Gasteiger charge is -2.27. The number of rotatable bonds is 9. The van der Waals surface area contributed by atoms with Crippen LogP contribution in [0.5, 0.6) is 0 Å². The van der Waals surface area contributed by atoms with Gasteiger partial charge >= 0.3 is 5.97 Å². The number of aliphatic carboxylic acids is 1. The van der Waals surface area contributed by atoms with Crippen LogP contribution in [0.3, 0.4) is 0 Å². The van der Waals surface area contributed by atoms with Gasteiger partial charge in [-0.05, 0) is 49.1 Å². The zero-order valence-corrected chi connectivity index (χ0v) is 18.3. The summed E-state index contributed by atoms with van der Waals surface area (Å²) in [5.74, 6) is -3.45. The van der Waals surface area contributed by atoms with Crippen molar-refractivity contribution in [1.29, 1.82) is 0 Å². The second kappa shape index (κ2) is 9.78. The van der Waals surface area contributed by atoms with Crippen LogP contribution in [0.15, 0.2) is 48.7 Å². The van der Waals surface area contributed by atoms with E-state index >= 15 is 0 Å². The first-order valence-electron chi connectivity index (χ1n) is 9.84. The largest absolute Gasteiger partial charge is 0.480 e. The van der Waals surface area contributed by atoms with Gasteiger partial charge in [-0.3, -0.25) is 14.4 Å². The molecule has 5 N–H and O–H groups in total. The lowest BCUT2D eigenvalue weighted by molar-refractivity contribution is -0.154. The Labute approximate surface area is 193 Å². The van der Waals surface area contributed by atoms with E-state index in [1.165, 1.54) is 31.3 Å². The zero-order chi connectivity index (χ0) is 24.2. The van der Waals surface area contributed by atoms with Crippen LogP contribution in [0.4, 0.5) is 4.39 Å². The molecule has 3 rings (SSSR count). The van der Waals surface area contributed by atoms with E-state index in [-0.39, 0.29) is 18.5 Å². The molecule has 9 nitrogen and oxygen atoms in total. The number of hydrogen-bond acceptors (Lipinski definition) is 5. The number of amides is 2. The molecule has 0 bridgehead atoms. The predicted molar refractivity (Wildman–Crippen MR) is 118 cm³/mol. The van der Waals surface area contributed by atoms with Crippen molar-refractivity contribution in [2.75, 3.05) is 0 Å². The number of nitrogens with zero attached hydrogens (tertiary/aromatic N) is 2. The number of aromatic amines is 1. The third kappa shape index (κ3) is 5.53. The Morgan fingerprint density at radius 2 is 1.94 bits per heavy atom. The minimum Gasteiger partial charge on any atom is -0.480 e. The highest BCUT2D eigenvalue weighted by Gasteiger charge is 2.42. The number of benzene rings is 2. The highest BCUT2D eigenvalue weighted by Crippen LogP contribution is 2.28. The standard InChI is InChI=1S/C22H21ClFN5O4/c1-22(20(25)31,21(32)33)10-15(27-19(30)18-11-26-29-28-18)8-12-2-4-13(5-3-12)16-9-14(23)6-7-17(16)24/h2-7,9,11,15H,8,10H2,1H3,(H2,25,31)(H,27,30)(H,32,33)(H,26,28,29)/t15-,22?/m1/s1. The van der Waals surface area contributed by atoms with Crippen LogP contribution in [-0.2, 0) is 16.0 Å². The molecule has 2 amide bonds. The molecule has 3 aromatic rings. The number of nitrogens with one attached hydrogen (secondary N) is 2. The molecule has 1 heterocycles. The molecule has 0 saturated carbocycles. The Morgan fingerprint density at radius 1 is 1.24 bits per heavy atom. The van der Waals surface area contributed by atoms with Crippen molar-refractivity contribution in [2.24, 2.45) is 11.1 Å². The fourth-order valence-electron chi connectivity index (χ4n) is 3.35. The molecule has 0 aliphatic carbocycles. The molecule has 33 heavy (non-hydrogen) atoms. The van der Waals surface area contributed by atoms with Gasteiger partial charge in [-0.25, -0.2) is 4.39 Å². The second-order valence-electron chi connectivity index (χ2n) is 7.76. The average Bonchev–Trinajstić information content (AvgIpc) is 3.31. The van der Waals surface area contributed by atoms with Crippen LogP contribution in [0.25, 0.3) is 11.1 Å². The van der Waals surface area contributed by atoms with Crippen molar-refractivity contribution in [3.63, 3.8) is 0 Å². The third-order valence-electron chi connectivity index (χ3n) is 5.33. The van der Waals surface area contributed by atoms with Gasteiger partial charge in [0.15, 0.2) is 5.69 Å². The summed E-state index contributed by atoms with van der Waals surface area (Å²) >= 11 is 5.97. The lowest BCUT2D eigenvalue weighted by Crippen LogP contribution is -2.48. The number of aromatic nitrogens is 3. The quantitative estimate of drug-likeness (QED) is 0.350. The van der Waals surface area contributed by atoms with Crippen LogP contribution >= 0.6 is 11.6 Å². The first kappa shape index (κ1) is 23.9. The normalized spacial score (nSPS) is 13.7. The molecule has 2 aromatic carbocycles. The Kier molecular flexibility index (Phi) is 7.07. The smallest absolute Gasteiger partial charge is 0.318 e. The Balaban J connectivity index is 1.85. The van der Waals surface area contributed by atoms with Gasteiger partial charge in [-0.15, -0.1) is 0 Å². The molecule has 0 aliphatic heterocycles. The number of carbonyl (C=O) groups excluding carboxylic acids is 2. The van der Waals surface area contributed by atoms with Crippen molar-refractivity contribution in [3.8, 4) is 11.1 Å². The number of primary amides is 1. The van der Waals surface area contributed by atoms with E-state index in [9.17, 15) is 23.9 Å². The van der Waals surface area contributed by atoms with Crippen LogP contribution in [0.1, 0.15) is 29.4 Å². The van der Waals surface area contributed by atoms with Gasteiger partial charge < -0.3 is 16.2 Å². The Hall–Kier alpha value is -3.79. The SMILES string of the molecule is CC(C[C@@H](Cc1ccc(-c2cc(Cl)ccc2F)cc1)NC(=O)c1cn[nH]n1)(C(N)=O)C(=O)O. The van der Waals surface area contributed by atoms with Crippen molar-refractivity contribution in [3.05, 3.63) is 70.8 Å². The number of nitrogens with two attached hydrogens (primary N) is 1. The van der Waals surface area contributed by atoms with E-state index in [4.69, 9.17) is 17.3 Å². The van der Waals surface area contributed by atoms with E-state index < -0.39 is 35.1 Å². The van der Waals surface area contributed by atoms with Gasteiger partial charge in [-0.1, -0.05) is 35.9 Å². The van der Waals surface area contributed by atoms with Crippen molar-refractivity contribution in [2.45, 2.75) is 25.8 Å². The molecule has 11 heteroatoms. The maximum Gasteiger partial charge on any atom is 0.318 e. The molecular formula is C22H21ClFN5O4. The number of H-pyrrole nitrogens is 1. The topological polar surface area (TPSA) is 151 Å². The summed E-state index contributed by atoms with van der Waals surface area (Å²) in [6.07, 6.45) is 1.13. The van der Waals surface area contributed by atoms with Gasteiger partial charge in [0.05, 0.1) is 6.20 Å². The van der Waals surface area contributed by atoms with E-state index in [1.54, 1.807) is 24.3 Å². The summed E-state index contributed by atoms with van der Waals surface area (Å²) in [4.78, 5) is 36.1. The molecule has 0 aliphatic rings. The molecular weight excluding hydrogens is 453 g/mol. The molecule has 1 unspecified atom stereocenters. The van der Waals surface area contributed by atoms with E-state index in [0.29, 0.717) is 21.7 Å². The predicted octanol–water partition coefficient (Wildman–Crippen LogP) is 2.57. The van der Waals surface area contributed by atoms with Crippen LogP contribution in [0, 0.1) is 11.2 Å². The van der Waals surface area contributed by atoms with Crippen molar-refractivity contribution >= 4 is 29.4 Å². The Morgan fingerprint density at radius 3 is 2.52 bits per heavy atom. The van der Waals surface area contributed by atoms with Crippen LogP contribution in [-0.4, -0.2) is 44.3 Å². The lowest BCUT2D eigenvalue weighted by atomic mass is 9.81. The summed E-state index contributed by atoms with van der Waals surface area (Å²) in [5.41, 5.74) is 5.07. The summed E-state index contributed by atoms with van der Waals surface area (Å²) in [7, 11) is 0. The van der Waals surface area contributed by atoms with Crippen molar-refractivity contribution < 1.29 is 23.9 Å². The Bertz CT molecular complexity index is 1150. The maximum atomic E-state index is 14.2. The molecule has 0 saturated heterocycles. The number of halogens is 2. The average molecular weight is 474 g/mol. The van der Waals surface area contributed by atoms with Gasteiger partial charge in [0.2, 0.25) is 5.91 Å². The number of carbonyl (C=O) groups is 3. The fraction of sp³-hybridized carbons (Fsp3) is 0.227. The molecule has 172 valence electrons. The van der Waals surface area contributed by atoms with Gasteiger partial charge in [0.1, 0.15) is 11.2 Å². The van der Waals surface area contributed by atoms with E-state index in [1.807, 2.05) is 0 Å². The second-order valence-corrected chi connectivity index (χ2v) is 8.19. The number of carboxylic acid groups (broad SMARTS) is 1. The number of carboxylic acids is 1. The molecule has 0 spiro atoms. The molecule has 1 aromatic heterocycles. The number of hydrogen-bond donors (Lipinski definition) is 4. The van der Waals surface area contributed by atoms with Crippen LogP contribution < -0.4 is 11.1 Å². The van der Waals surface area contributed by atoms with Gasteiger partial charge in [0.25, 0.3) is 5.91 Å². The third-order valence-corrected chi connectivity index (χ3v) is 5.56. The highest BCUT2D eigenvalue weighted by atomic mass is 35.5. The first-order chi connectivity index (χ1) is 15.6. The fourth-order valence-corrected chi connectivity index (χ4v) is 3.53. The van der Waals surface area contributed by atoms with Gasteiger partial charge in [-0.2, -0.15) is 15.4 Å². The van der Waals surface area contributed by atoms with Gasteiger partial charge in [0, 0.05) is 16.6 Å². The minimum atomic E-state index is -1.91. The molecule has 0 radical (unpaired) electrons. The summed E-state index contributed by atoms with van der Waals surface area (Å²) < 4.78 is 14.2. The van der Waals surface area contributed by atoms with E-state index in [2.05, 4.69) is 20.7 Å². The first-order valence-corrected chi connectivity index (χ1v) is 10.2. The molecule has 0 fully saturated rings. The highest BCUT2D eigenvalue weighted by molar-refractivity contribution is 6.30. The minimum absolute atomic E-state index is 0.00267. The maximum absolute atomic E-state index is 14.2. The van der Waals surface area contributed by atoms with E-state index in [0.717, 1.165) is 0 Å². The summed E-state index contributed by atoms with van der Waals surface area (Å²) in [6.45, 7) is 1.21. The zero-order valence-electron chi connectivity index (χ0n) is 17.5. The van der Waals surface area contributed by atoms with Crippen molar-refractivity contribution in [1.82, 2.24) is 20.7 Å². The summed E-state index contributed by atoms with van der Waals surface area (Å²) in [5, 5.41) is 22.2. The molecule has 2 atom stereocenters. The van der Waals surface area contributed by atoms with Crippen LogP contribution in [0.2, 0.25) is 5.02 Å². The summed E-state index contributed by atoms with van der Waals surface area (Å²) in [6, 6.07) is 10.3.